The van der Waals surface area contributed by atoms with Gasteiger partial charge in [-0.05, 0) is 36.4 Å². The molecule has 0 atom stereocenters. The van der Waals surface area contributed by atoms with Crippen LogP contribution >= 0.6 is 46.1 Å². The summed E-state index contributed by atoms with van der Waals surface area (Å²) in [5, 5.41) is 2.10. The number of ether oxygens (including phenoxy) is 1. The van der Waals surface area contributed by atoms with Gasteiger partial charge in [-0.15, -0.1) is 0 Å². The number of benzene rings is 2. The first-order valence-corrected chi connectivity index (χ1v) is 11.1. The zero-order chi connectivity index (χ0) is 20.4. The van der Waals surface area contributed by atoms with Crippen LogP contribution in [0.25, 0.3) is 10.2 Å². The van der Waals surface area contributed by atoms with Gasteiger partial charge in [0, 0.05) is 46.8 Å². The molecule has 1 aromatic heterocycles. The van der Waals surface area contributed by atoms with E-state index in [1.54, 1.807) is 29.2 Å². The Balaban J connectivity index is 1.66. The number of carbonyl (C=O) groups is 1. The maximum Gasteiger partial charge on any atom is 0.260 e. The summed E-state index contributed by atoms with van der Waals surface area (Å²) < 4.78 is 6.34. The first-order chi connectivity index (χ1) is 14.0. The highest BCUT2D eigenvalue weighted by Crippen LogP contribution is 2.32. The van der Waals surface area contributed by atoms with E-state index in [0.29, 0.717) is 45.5 Å². The molecule has 0 saturated carbocycles. The molecule has 5 nitrogen and oxygen atoms in total. The van der Waals surface area contributed by atoms with Crippen molar-refractivity contribution in [1.82, 2.24) is 9.88 Å². The van der Waals surface area contributed by atoms with E-state index in [2.05, 4.69) is 9.88 Å². The average Bonchev–Trinajstić information content (AvgIpc) is 3.10. The Kier molecular flexibility index (Phi) is 6.59. The fourth-order valence-electron chi connectivity index (χ4n) is 3.19. The summed E-state index contributed by atoms with van der Waals surface area (Å²) in [5.74, 6) is -0.187. The average molecular weight is 471 g/mol. The van der Waals surface area contributed by atoms with E-state index in [0.717, 1.165) is 29.9 Å². The molecule has 0 N–H and O–H groups in total. The molecule has 0 aliphatic carbocycles. The van der Waals surface area contributed by atoms with E-state index in [9.17, 15) is 4.79 Å². The normalized spacial score (nSPS) is 15.0. The van der Waals surface area contributed by atoms with Crippen molar-refractivity contribution in [3.63, 3.8) is 0 Å². The first kappa shape index (κ1) is 20.8. The number of amides is 1. The molecule has 1 aliphatic heterocycles. The molecule has 4 rings (SSSR count). The molecule has 1 amide bonds. The summed E-state index contributed by atoms with van der Waals surface area (Å²) in [6, 6.07) is 10.4. The Morgan fingerprint density at radius 3 is 2.52 bits per heavy atom. The van der Waals surface area contributed by atoms with Gasteiger partial charge in [-0.2, -0.15) is 0 Å². The standard InChI is InChI=1S/C20H18Cl3N3O2S/c21-14-1-2-17-18(12-14)29-20(24-17)26(4-3-25-5-7-28-8-6-25)19(27)13-9-15(22)11-16(23)10-13/h1-2,9-12H,3-8H2. The van der Waals surface area contributed by atoms with Crippen molar-refractivity contribution >= 4 is 67.4 Å². The van der Waals surface area contributed by atoms with Crippen LogP contribution in [-0.2, 0) is 4.74 Å². The van der Waals surface area contributed by atoms with Crippen LogP contribution in [0.1, 0.15) is 10.4 Å². The van der Waals surface area contributed by atoms with E-state index < -0.39 is 0 Å². The van der Waals surface area contributed by atoms with E-state index in [1.165, 1.54) is 11.3 Å². The van der Waals surface area contributed by atoms with Crippen LogP contribution in [0.2, 0.25) is 15.1 Å². The number of hydrogen-bond donors (Lipinski definition) is 0. The van der Waals surface area contributed by atoms with E-state index >= 15 is 0 Å². The predicted molar refractivity (Wildman–Crippen MR) is 120 cm³/mol. The summed E-state index contributed by atoms with van der Waals surface area (Å²) in [6.07, 6.45) is 0. The van der Waals surface area contributed by atoms with Gasteiger partial charge in [-0.1, -0.05) is 46.1 Å². The van der Waals surface area contributed by atoms with Crippen LogP contribution in [0.15, 0.2) is 36.4 Å². The van der Waals surface area contributed by atoms with Gasteiger partial charge in [0.2, 0.25) is 0 Å². The van der Waals surface area contributed by atoms with Crippen LogP contribution in [0.3, 0.4) is 0 Å². The number of fused-ring (bicyclic) bond motifs is 1. The van der Waals surface area contributed by atoms with E-state index in [-0.39, 0.29) is 5.91 Å². The van der Waals surface area contributed by atoms with Crippen LogP contribution < -0.4 is 4.90 Å². The topological polar surface area (TPSA) is 45.7 Å². The smallest absolute Gasteiger partial charge is 0.260 e. The van der Waals surface area contributed by atoms with Gasteiger partial charge in [0.1, 0.15) is 0 Å². The van der Waals surface area contributed by atoms with Gasteiger partial charge in [0.05, 0.1) is 23.4 Å². The minimum absolute atomic E-state index is 0.187. The van der Waals surface area contributed by atoms with Gasteiger partial charge in [0.25, 0.3) is 5.91 Å². The van der Waals surface area contributed by atoms with Gasteiger partial charge in [-0.3, -0.25) is 14.6 Å². The third kappa shape index (κ3) is 5.02. The highest BCUT2D eigenvalue weighted by molar-refractivity contribution is 7.22. The number of anilines is 1. The quantitative estimate of drug-likeness (QED) is 0.512. The number of morpholine rings is 1. The highest BCUT2D eigenvalue weighted by atomic mass is 35.5. The summed E-state index contributed by atoms with van der Waals surface area (Å²) in [5.41, 5.74) is 1.24. The van der Waals surface area contributed by atoms with Crippen LogP contribution in [0, 0.1) is 0 Å². The Morgan fingerprint density at radius 1 is 1.07 bits per heavy atom. The minimum atomic E-state index is -0.187. The molecule has 1 aliphatic rings. The number of hydrogen-bond acceptors (Lipinski definition) is 5. The Bertz CT molecular complexity index is 1020. The van der Waals surface area contributed by atoms with Crippen molar-refractivity contribution in [3.8, 4) is 0 Å². The lowest BCUT2D eigenvalue weighted by atomic mass is 10.2. The maximum atomic E-state index is 13.4. The Labute approximate surface area is 187 Å². The SMILES string of the molecule is O=C(c1cc(Cl)cc(Cl)c1)N(CCN1CCOCC1)c1nc2ccc(Cl)cc2s1. The summed E-state index contributed by atoms with van der Waals surface area (Å²) in [6.45, 7) is 4.33. The Morgan fingerprint density at radius 2 is 1.79 bits per heavy atom. The van der Waals surface area contributed by atoms with Crippen molar-refractivity contribution in [2.45, 2.75) is 0 Å². The summed E-state index contributed by atoms with van der Waals surface area (Å²) in [4.78, 5) is 22.0. The summed E-state index contributed by atoms with van der Waals surface area (Å²) >= 11 is 19.8. The first-order valence-electron chi connectivity index (χ1n) is 9.14. The van der Waals surface area contributed by atoms with Crippen LogP contribution in [0.5, 0.6) is 0 Å². The van der Waals surface area contributed by atoms with Crippen LogP contribution in [-0.4, -0.2) is 55.2 Å². The molecule has 0 radical (unpaired) electrons. The van der Waals surface area contributed by atoms with Crippen molar-refractivity contribution in [1.29, 1.82) is 0 Å². The van der Waals surface area contributed by atoms with Gasteiger partial charge < -0.3 is 4.74 Å². The number of aromatic nitrogens is 1. The lowest BCUT2D eigenvalue weighted by Gasteiger charge is -2.29. The number of thiazole rings is 1. The van der Waals surface area contributed by atoms with Gasteiger partial charge >= 0.3 is 0 Å². The zero-order valence-corrected chi connectivity index (χ0v) is 18.5. The highest BCUT2D eigenvalue weighted by Gasteiger charge is 2.23. The number of carbonyl (C=O) groups excluding carboxylic acids is 1. The summed E-state index contributed by atoms with van der Waals surface area (Å²) in [7, 11) is 0. The molecular formula is C20H18Cl3N3O2S. The molecule has 2 aromatic carbocycles. The molecule has 0 spiro atoms. The fourth-order valence-corrected chi connectivity index (χ4v) is 4.98. The monoisotopic (exact) mass is 469 g/mol. The molecule has 1 fully saturated rings. The molecular weight excluding hydrogens is 453 g/mol. The second-order valence-electron chi connectivity index (χ2n) is 6.68. The largest absolute Gasteiger partial charge is 0.379 e. The number of nitrogens with zero attached hydrogens (tertiary/aromatic N) is 3. The molecule has 152 valence electrons. The van der Waals surface area contributed by atoms with Gasteiger partial charge in [-0.25, -0.2) is 4.98 Å². The van der Waals surface area contributed by atoms with Crippen molar-refractivity contribution < 1.29 is 9.53 Å². The lowest BCUT2D eigenvalue weighted by Crippen LogP contribution is -2.43. The van der Waals surface area contributed by atoms with Crippen molar-refractivity contribution in [2.24, 2.45) is 0 Å². The molecule has 0 bridgehead atoms. The van der Waals surface area contributed by atoms with Gasteiger partial charge in [0.15, 0.2) is 5.13 Å². The second kappa shape index (κ2) is 9.16. The molecule has 29 heavy (non-hydrogen) atoms. The lowest BCUT2D eigenvalue weighted by molar-refractivity contribution is 0.0391. The fraction of sp³-hybridized carbons (Fsp3) is 0.300. The third-order valence-electron chi connectivity index (χ3n) is 4.67. The second-order valence-corrected chi connectivity index (χ2v) is 9.00. The molecule has 1 saturated heterocycles. The number of halogens is 3. The molecule has 9 heteroatoms. The van der Waals surface area contributed by atoms with Crippen molar-refractivity contribution in [2.75, 3.05) is 44.3 Å². The maximum absolute atomic E-state index is 13.4. The molecule has 2 heterocycles. The third-order valence-corrected chi connectivity index (χ3v) is 6.38. The van der Waals surface area contributed by atoms with Crippen molar-refractivity contribution in [3.05, 3.63) is 57.0 Å². The number of rotatable bonds is 5. The Hall–Kier alpha value is -1.41. The molecule has 3 aromatic rings. The minimum Gasteiger partial charge on any atom is -0.379 e. The van der Waals surface area contributed by atoms with E-state index in [4.69, 9.17) is 39.5 Å². The molecule has 0 unspecified atom stereocenters. The van der Waals surface area contributed by atoms with Crippen LogP contribution in [0.4, 0.5) is 5.13 Å². The predicted octanol–water partition coefficient (Wildman–Crippen LogP) is 5.24. The van der Waals surface area contributed by atoms with E-state index in [1.807, 2.05) is 12.1 Å². The zero-order valence-electron chi connectivity index (χ0n) is 15.4.